The molecule has 0 spiro atoms. The third-order valence-corrected chi connectivity index (χ3v) is 5.09. The number of nitrogens with zero attached hydrogens (tertiary/aromatic N) is 1. The third kappa shape index (κ3) is 10.5. The number of primary amides is 2. The van der Waals surface area contributed by atoms with E-state index in [1.165, 1.54) is 24.3 Å². The SMILES string of the molecule is NC(=O)CC[C@H](N)C(=O)N[C@@H](CC(N)=O)C(=O)N[C@@H](CS)C(=O)N(C[C]=O)Cc1ccc(F)cc1. The van der Waals surface area contributed by atoms with Crippen LogP contribution in [0.25, 0.3) is 0 Å². The number of carbonyl (C=O) groups is 5. The molecule has 1 radical (unpaired) electrons. The van der Waals surface area contributed by atoms with E-state index >= 15 is 0 Å². The second-order valence-electron chi connectivity index (χ2n) is 7.55. The summed E-state index contributed by atoms with van der Waals surface area (Å²) < 4.78 is 13.1. The molecule has 0 unspecified atom stereocenters. The average molecular weight is 512 g/mol. The Bertz CT molecular complexity index is 931. The number of thiol groups is 1. The average Bonchev–Trinajstić information content (AvgIpc) is 2.80. The highest BCUT2D eigenvalue weighted by molar-refractivity contribution is 7.80. The van der Waals surface area contributed by atoms with Crippen LogP contribution < -0.4 is 27.8 Å². The molecule has 1 rings (SSSR count). The van der Waals surface area contributed by atoms with Crippen LogP contribution >= 0.6 is 12.6 Å². The zero-order chi connectivity index (χ0) is 26.5. The molecule has 14 heteroatoms. The first-order valence-electron chi connectivity index (χ1n) is 10.4. The second-order valence-corrected chi connectivity index (χ2v) is 7.92. The maximum Gasteiger partial charge on any atom is 0.246 e. The number of benzene rings is 1. The highest BCUT2D eigenvalue weighted by Crippen LogP contribution is 2.09. The highest BCUT2D eigenvalue weighted by atomic mass is 32.1. The van der Waals surface area contributed by atoms with Gasteiger partial charge >= 0.3 is 0 Å². The first-order chi connectivity index (χ1) is 16.5. The van der Waals surface area contributed by atoms with Crippen molar-refractivity contribution in [3.63, 3.8) is 0 Å². The molecule has 12 nitrogen and oxygen atoms in total. The molecular formula is C21H28FN6O6S. The summed E-state index contributed by atoms with van der Waals surface area (Å²) in [5, 5.41) is 4.63. The number of hydrogen-bond donors (Lipinski definition) is 6. The highest BCUT2D eigenvalue weighted by Gasteiger charge is 2.30. The number of amides is 5. The van der Waals surface area contributed by atoms with Gasteiger partial charge in [-0.2, -0.15) is 12.6 Å². The van der Waals surface area contributed by atoms with E-state index in [1.807, 2.05) is 0 Å². The van der Waals surface area contributed by atoms with Crippen molar-refractivity contribution in [1.29, 1.82) is 0 Å². The molecule has 3 atom stereocenters. The van der Waals surface area contributed by atoms with Crippen LogP contribution in [0.3, 0.4) is 0 Å². The standard InChI is InChI=1S/C21H28FN6O6S/c22-13-3-1-12(2-4-13)10-28(7-8-29)21(34)16(11-35)27-20(33)15(9-18(25)31)26-19(32)14(23)5-6-17(24)30/h1-4,14-16,35H,5-7,9-11,23H2,(H2,24,30)(H2,25,31)(H,26,32)(H,27,33)/t14-,15-,16-/m0/s1. The third-order valence-electron chi connectivity index (χ3n) is 4.73. The van der Waals surface area contributed by atoms with Gasteiger partial charge in [-0.15, -0.1) is 0 Å². The van der Waals surface area contributed by atoms with E-state index in [9.17, 15) is 33.2 Å². The maximum absolute atomic E-state index is 13.1. The molecule has 0 aliphatic rings. The molecule has 191 valence electrons. The molecule has 1 aromatic carbocycles. The molecule has 0 saturated carbocycles. The van der Waals surface area contributed by atoms with Gasteiger partial charge in [-0.1, -0.05) is 12.1 Å². The smallest absolute Gasteiger partial charge is 0.246 e. The number of rotatable bonds is 15. The van der Waals surface area contributed by atoms with Gasteiger partial charge in [0.15, 0.2) is 0 Å². The van der Waals surface area contributed by atoms with E-state index in [-0.39, 0.29) is 25.1 Å². The van der Waals surface area contributed by atoms with E-state index < -0.39 is 66.4 Å². The van der Waals surface area contributed by atoms with Crippen LogP contribution in [0.2, 0.25) is 0 Å². The van der Waals surface area contributed by atoms with E-state index in [0.29, 0.717) is 5.56 Å². The fourth-order valence-corrected chi connectivity index (χ4v) is 3.14. The Morgan fingerprint density at radius 1 is 1.00 bits per heavy atom. The van der Waals surface area contributed by atoms with Crippen LogP contribution in [0.4, 0.5) is 4.39 Å². The molecule has 0 saturated heterocycles. The molecule has 8 N–H and O–H groups in total. The van der Waals surface area contributed by atoms with Crippen LogP contribution in [-0.4, -0.2) is 71.1 Å². The minimum atomic E-state index is -1.47. The van der Waals surface area contributed by atoms with Crippen molar-refractivity contribution in [3.05, 3.63) is 35.6 Å². The van der Waals surface area contributed by atoms with Crippen molar-refractivity contribution >= 4 is 48.5 Å². The van der Waals surface area contributed by atoms with Crippen molar-refractivity contribution in [3.8, 4) is 0 Å². The minimum absolute atomic E-state index is 0.0787. The normalized spacial score (nSPS) is 13.1. The summed E-state index contributed by atoms with van der Waals surface area (Å²) in [7, 11) is 0. The first-order valence-corrected chi connectivity index (χ1v) is 11.0. The number of halogens is 1. The van der Waals surface area contributed by atoms with Gasteiger partial charge in [0.25, 0.3) is 0 Å². The van der Waals surface area contributed by atoms with Crippen LogP contribution in [0.15, 0.2) is 24.3 Å². The lowest BCUT2D eigenvalue weighted by atomic mass is 10.1. The van der Waals surface area contributed by atoms with Crippen molar-refractivity contribution in [2.24, 2.45) is 17.2 Å². The number of carbonyl (C=O) groups excluding carboxylic acids is 6. The molecule has 0 heterocycles. The van der Waals surface area contributed by atoms with E-state index in [4.69, 9.17) is 17.2 Å². The molecule has 0 bridgehead atoms. The second kappa shape index (κ2) is 14.7. The summed E-state index contributed by atoms with van der Waals surface area (Å²) in [6.07, 6.45) is 0.732. The summed E-state index contributed by atoms with van der Waals surface area (Å²) in [5.41, 5.74) is 16.4. The van der Waals surface area contributed by atoms with Crippen molar-refractivity contribution in [2.45, 2.75) is 43.9 Å². The Hall–Kier alpha value is -3.52. The summed E-state index contributed by atoms with van der Waals surface area (Å²) >= 11 is 4.07. The predicted molar refractivity (Wildman–Crippen MR) is 125 cm³/mol. The molecule has 1 aromatic rings. The number of hydrogen-bond acceptors (Lipinski definition) is 8. The molecule has 35 heavy (non-hydrogen) atoms. The van der Waals surface area contributed by atoms with Gasteiger partial charge in [0.05, 0.1) is 19.0 Å². The lowest BCUT2D eigenvalue weighted by Gasteiger charge is -2.27. The summed E-state index contributed by atoms with van der Waals surface area (Å²) in [4.78, 5) is 72.4. The Morgan fingerprint density at radius 2 is 1.60 bits per heavy atom. The van der Waals surface area contributed by atoms with Crippen LogP contribution in [0.1, 0.15) is 24.8 Å². The Balaban J connectivity index is 2.94. The zero-order valence-electron chi connectivity index (χ0n) is 18.7. The van der Waals surface area contributed by atoms with Gasteiger partial charge in [0.2, 0.25) is 35.8 Å². The van der Waals surface area contributed by atoms with Gasteiger partial charge < -0.3 is 32.7 Å². The molecule has 0 fully saturated rings. The predicted octanol–water partition coefficient (Wildman–Crippen LogP) is -2.37. The van der Waals surface area contributed by atoms with Crippen LogP contribution in [0, 0.1) is 5.82 Å². The van der Waals surface area contributed by atoms with Crippen LogP contribution in [-0.2, 0) is 35.3 Å². The van der Waals surface area contributed by atoms with Gasteiger partial charge in [0, 0.05) is 18.7 Å². The van der Waals surface area contributed by atoms with Crippen molar-refractivity contribution in [2.75, 3.05) is 12.3 Å². The molecule has 5 amide bonds. The van der Waals surface area contributed by atoms with Crippen molar-refractivity contribution < 1.29 is 33.2 Å². The number of nitrogens with one attached hydrogen (secondary N) is 2. The fraction of sp³-hybridized carbons (Fsp3) is 0.429. The lowest BCUT2D eigenvalue weighted by Crippen LogP contribution is -2.57. The molecular weight excluding hydrogens is 483 g/mol. The van der Waals surface area contributed by atoms with Crippen LogP contribution in [0.5, 0.6) is 0 Å². The van der Waals surface area contributed by atoms with E-state index in [2.05, 4.69) is 23.3 Å². The molecule has 0 aliphatic heterocycles. The maximum atomic E-state index is 13.1. The largest absolute Gasteiger partial charge is 0.370 e. The topological polar surface area (TPSA) is 208 Å². The Kier molecular flexibility index (Phi) is 12.4. The summed E-state index contributed by atoms with van der Waals surface area (Å²) in [5.74, 6) is -4.74. The number of nitrogens with two attached hydrogens (primary N) is 3. The minimum Gasteiger partial charge on any atom is -0.370 e. The first kappa shape index (κ1) is 29.5. The fourth-order valence-electron chi connectivity index (χ4n) is 2.90. The summed E-state index contributed by atoms with van der Waals surface area (Å²) in [6, 6.07) is 1.30. The molecule has 0 aliphatic carbocycles. The van der Waals surface area contributed by atoms with E-state index in [1.54, 1.807) is 6.29 Å². The van der Waals surface area contributed by atoms with Gasteiger partial charge in [0.1, 0.15) is 17.9 Å². The summed E-state index contributed by atoms with van der Waals surface area (Å²) in [6.45, 7) is -0.517. The van der Waals surface area contributed by atoms with Gasteiger partial charge in [-0.25, -0.2) is 4.39 Å². The van der Waals surface area contributed by atoms with Crippen molar-refractivity contribution in [1.82, 2.24) is 15.5 Å². The Labute approximate surface area is 206 Å². The van der Waals surface area contributed by atoms with E-state index in [0.717, 1.165) is 4.90 Å². The quantitative estimate of drug-likeness (QED) is 0.141. The monoisotopic (exact) mass is 511 g/mol. The molecule has 0 aromatic heterocycles. The lowest BCUT2D eigenvalue weighted by molar-refractivity contribution is -0.137. The van der Waals surface area contributed by atoms with Gasteiger partial charge in [-0.3, -0.25) is 28.8 Å². The zero-order valence-corrected chi connectivity index (χ0v) is 19.6. The van der Waals surface area contributed by atoms with Gasteiger partial charge in [-0.05, 0) is 24.1 Å². The Morgan fingerprint density at radius 3 is 2.11 bits per heavy atom.